The smallest absolute Gasteiger partial charge is 0.414 e. The first-order chi connectivity index (χ1) is 31.6. The first-order valence-corrected chi connectivity index (χ1v) is 22.6. The van der Waals surface area contributed by atoms with E-state index in [4.69, 9.17) is 28.4 Å². The number of benzene rings is 2. The summed E-state index contributed by atoms with van der Waals surface area (Å²) in [6.07, 6.45) is 2.36. The molecule has 6 heterocycles. The van der Waals surface area contributed by atoms with Crippen molar-refractivity contribution in [1.29, 1.82) is 0 Å². The van der Waals surface area contributed by atoms with Crippen LogP contribution in [0.4, 0.5) is 21.0 Å². The van der Waals surface area contributed by atoms with E-state index in [0.29, 0.717) is 66.5 Å². The van der Waals surface area contributed by atoms with Gasteiger partial charge in [0.25, 0.3) is 0 Å². The third-order valence-electron chi connectivity index (χ3n) is 19.1. The fraction of sp³-hybridized carbons (Fsp3) is 0.583. The molecule has 6 aliphatic heterocycles. The maximum atomic E-state index is 14.5. The van der Waals surface area contributed by atoms with Crippen molar-refractivity contribution in [2.75, 3.05) is 72.1 Å². The Balaban J connectivity index is 1.08. The number of rotatable bonds is 5. The highest BCUT2D eigenvalue weighted by Crippen LogP contribution is 2.80. The first kappa shape index (κ1) is 42.1. The van der Waals surface area contributed by atoms with Gasteiger partial charge in [0, 0.05) is 46.8 Å². The molecule has 2 amide bonds. The van der Waals surface area contributed by atoms with Crippen molar-refractivity contribution in [2.24, 2.45) is 10.8 Å². The first-order valence-electron chi connectivity index (χ1n) is 22.6. The number of para-hydroxylation sites is 2. The van der Waals surface area contributed by atoms with Gasteiger partial charge in [0.15, 0.2) is 0 Å². The van der Waals surface area contributed by atoms with Crippen LogP contribution in [0.3, 0.4) is 0 Å². The molecule has 6 spiro atoms. The van der Waals surface area contributed by atoms with E-state index in [9.17, 15) is 39.6 Å². The highest BCUT2D eigenvalue weighted by Gasteiger charge is 2.92. The average molecular weight is 911 g/mol. The zero-order chi connectivity index (χ0) is 46.5. The van der Waals surface area contributed by atoms with E-state index in [1.54, 1.807) is 12.1 Å². The molecular formula is C48H54N4O14. The fourth-order valence-electron chi connectivity index (χ4n) is 17.5. The van der Waals surface area contributed by atoms with Crippen LogP contribution in [0.5, 0.6) is 11.5 Å². The number of hydrogen-bond donors (Lipinski definition) is 4. The predicted molar refractivity (Wildman–Crippen MR) is 230 cm³/mol. The SMILES string of the molecule is COC(=O)N1c2c(OC)cccc2C23CCN4CC(C5C=CC67CCC8(N(C(=O)OC)c9c(OC)cccc9C89CCN5C69)C(O)(C(=O)OC)C7O)=CC5(CCC12C(O)(C(=O)OC)C5O)C43. The summed E-state index contributed by atoms with van der Waals surface area (Å²) >= 11 is 0. The van der Waals surface area contributed by atoms with Gasteiger partial charge in [-0.25, -0.2) is 19.2 Å². The van der Waals surface area contributed by atoms with E-state index in [-0.39, 0.29) is 25.7 Å². The number of carbonyl (C=O) groups excluding carboxylic acids is 4. The number of carbonyl (C=O) groups is 4. The zero-order valence-electron chi connectivity index (χ0n) is 37.6. The molecule has 12 aliphatic rings. The number of aliphatic hydroxyl groups excluding tert-OH is 2. The van der Waals surface area contributed by atoms with E-state index in [0.717, 1.165) is 19.8 Å². The molecule has 6 aliphatic carbocycles. The number of aliphatic hydroxyl groups is 4. The summed E-state index contributed by atoms with van der Waals surface area (Å²) in [5.74, 6) is -1.47. The van der Waals surface area contributed by atoms with Crippen molar-refractivity contribution in [1.82, 2.24) is 9.80 Å². The average Bonchev–Trinajstić information content (AvgIpc) is 4.09. The Morgan fingerprint density at radius 1 is 0.621 bits per heavy atom. The molecule has 0 aromatic heterocycles. The minimum Gasteiger partial charge on any atom is -0.495 e. The zero-order valence-corrected chi connectivity index (χ0v) is 37.6. The lowest BCUT2D eigenvalue weighted by molar-refractivity contribution is -0.265. The van der Waals surface area contributed by atoms with Crippen LogP contribution < -0.4 is 19.3 Å². The Labute approximate surface area is 380 Å². The molecule has 350 valence electrons. The van der Waals surface area contributed by atoms with Crippen molar-refractivity contribution in [3.05, 3.63) is 71.3 Å². The van der Waals surface area contributed by atoms with Crippen LogP contribution in [0.15, 0.2) is 60.2 Å². The fourth-order valence-corrected chi connectivity index (χ4v) is 17.5. The molecule has 13 atom stereocenters. The number of esters is 2. The van der Waals surface area contributed by atoms with Gasteiger partial charge in [0.1, 0.15) is 34.8 Å². The highest BCUT2D eigenvalue weighted by molar-refractivity contribution is 6.03. The molecule has 6 saturated carbocycles. The van der Waals surface area contributed by atoms with Crippen LogP contribution in [0.2, 0.25) is 0 Å². The van der Waals surface area contributed by atoms with Gasteiger partial charge in [-0.1, -0.05) is 42.5 Å². The highest BCUT2D eigenvalue weighted by atomic mass is 16.6. The standard InChI is InChI=1S/C48H54N4O14/c1-61-29-11-7-9-26-31(29)51(39(57)65-5)45-18-16-42(36(54)48(45,60)38(56)64-4)23-25(24-49-21-19-43(26,45)33(42)49)28-13-14-41-15-17-46(47(59,35(41)53)37(55)63-3)44(20-22-50(28)34(41)44)27-10-8-12-30(62-2)32(27)52(46)40(58)66-6/h7-14,23,28,33-36,53-54,59-60H,15-22,24H2,1-6H3. The van der Waals surface area contributed by atoms with Crippen LogP contribution in [-0.2, 0) is 39.4 Å². The second kappa shape index (κ2) is 12.8. The van der Waals surface area contributed by atoms with E-state index in [1.165, 1.54) is 38.2 Å². The number of anilines is 2. The Morgan fingerprint density at radius 2 is 1.12 bits per heavy atom. The molecule has 18 heteroatoms. The van der Waals surface area contributed by atoms with Crippen molar-refractivity contribution in [3.63, 3.8) is 0 Å². The lowest BCUT2D eigenvalue weighted by Gasteiger charge is -2.73. The topological polar surface area (TPSA) is 218 Å². The van der Waals surface area contributed by atoms with Gasteiger partial charge in [0.2, 0.25) is 11.2 Å². The predicted octanol–water partition coefficient (Wildman–Crippen LogP) is 1.67. The Bertz CT molecular complexity index is 2640. The molecule has 8 fully saturated rings. The molecule has 4 bridgehead atoms. The lowest BCUT2D eigenvalue weighted by Crippen LogP contribution is -2.91. The molecule has 18 nitrogen and oxygen atoms in total. The molecule has 2 aromatic carbocycles. The normalized spacial score (nSPS) is 43.5. The van der Waals surface area contributed by atoms with Crippen molar-refractivity contribution in [3.8, 4) is 11.5 Å². The molecular weight excluding hydrogens is 857 g/mol. The third kappa shape index (κ3) is 3.78. The summed E-state index contributed by atoms with van der Waals surface area (Å²) in [4.78, 5) is 64.8. The van der Waals surface area contributed by atoms with Crippen LogP contribution in [0, 0.1) is 10.8 Å². The Hall–Kier alpha value is -5.24. The molecule has 13 unspecified atom stereocenters. The maximum Gasteiger partial charge on any atom is 0.414 e. The second-order valence-electron chi connectivity index (χ2n) is 20.1. The van der Waals surface area contributed by atoms with E-state index >= 15 is 0 Å². The minimum absolute atomic E-state index is 0.0958. The minimum atomic E-state index is -2.66. The Morgan fingerprint density at radius 3 is 1.64 bits per heavy atom. The van der Waals surface area contributed by atoms with E-state index < -0.39 is 98.4 Å². The maximum absolute atomic E-state index is 14.5. The van der Waals surface area contributed by atoms with Gasteiger partial charge in [-0.2, -0.15) is 0 Å². The van der Waals surface area contributed by atoms with E-state index in [1.807, 2.05) is 36.4 Å². The molecule has 2 aromatic rings. The van der Waals surface area contributed by atoms with Gasteiger partial charge < -0.3 is 48.8 Å². The quantitative estimate of drug-likeness (QED) is 0.191. The van der Waals surface area contributed by atoms with Gasteiger partial charge in [-0.3, -0.25) is 19.6 Å². The largest absolute Gasteiger partial charge is 0.495 e. The number of fused-ring (bicyclic) bond motifs is 6. The third-order valence-corrected chi connectivity index (χ3v) is 19.1. The van der Waals surface area contributed by atoms with Crippen LogP contribution >= 0.6 is 0 Å². The second-order valence-corrected chi connectivity index (χ2v) is 20.1. The Kier molecular flexibility index (Phi) is 8.20. The number of ether oxygens (including phenoxy) is 6. The monoisotopic (exact) mass is 910 g/mol. The summed E-state index contributed by atoms with van der Waals surface area (Å²) < 4.78 is 33.5. The number of methoxy groups -OCH3 is 6. The van der Waals surface area contributed by atoms with Crippen molar-refractivity contribution < 1.29 is 68.0 Å². The summed E-state index contributed by atoms with van der Waals surface area (Å²) in [5, 5.41) is 52.6. The summed E-state index contributed by atoms with van der Waals surface area (Å²) in [5.41, 5.74) is -10.6. The number of amides is 2. The van der Waals surface area contributed by atoms with Gasteiger partial charge >= 0.3 is 24.1 Å². The van der Waals surface area contributed by atoms with Gasteiger partial charge in [0.05, 0.1) is 60.1 Å². The van der Waals surface area contributed by atoms with Crippen LogP contribution in [0.25, 0.3) is 0 Å². The van der Waals surface area contributed by atoms with Crippen LogP contribution in [-0.4, -0.2) is 169 Å². The number of hydrogen-bond acceptors (Lipinski definition) is 16. The van der Waals surface area contributed by atoms with Gasteiger partial charge in [-0.15, -0.1) is 0 Å². The van der Waals surface area contributed by atoms with E-state index in [2.05, 4.69) is 15.9 Å². The molecule has 0 radical (unpaired) electrons. The molecule has 2 saturated heterocycles. The molecule has 66 heavy (non-hydrogen) atoms. The van der Waals surface area contributed by atoms with Crippen LogP contribution in [0.1, 0.15) is 49.7 Å². The molecule has 4 N–H and O–H groups in total. The van der Waals surface area contributed by atoms with Gasteiger partial charge in [-0.05, 0) is 73.9 Å². The summed E-state index contributed by atoms with van der Waals surface area (Å²) in [7, 11) is 7.76. The number of nitrogens with zero attached hydrogens (tertiary/aromatic N) is 4. The molecule has 14 rings (SSSR count). The van der Waals surface area contributed by atoms with Crippen molar-refractivity contribution >= 4 is 35.5 Å². The summed E-state index contributed by atoms with van der Waals surface area (Å²) in [6, 6.07) is 9.29. The van der Waals surface area contributed by atoms with Crippen molar-refractivity contribution in [2.45, 2.75) is 102 Å². The lowest BCUT2D eigenvalue weighted by atomic mass is 9.36. The summed E-state index contributed by atoms with van der Waals surface area (Å²) in [6.45, 7) is 1.28.